The highest BCUT2D eigenvalue weighted by atomic mass is 32.2. The molecule has 1 N–H and O–H groups in total. The average Bonchev–Trinajstić information content (AvgIpc) is 2.98. The fourth-order valence-electron chi connectivity index (χ4n) is 5.22. The number of amides is 1. The van der Waals surface area contributed by atoms with E-state index in [4.69, 9.17) is 4.74 Å². The molecule has 3 aliphatic heterocycles. The van der Waals surface area contributed by atoms with Crippen molar-refractivity contribution >= 4 is 17.7 Å². The Morgan fingerprint density at radius 3 is 2.76 bits per heavy atom. The van der Waals surface area contributed by atoms with Crippen LogP contribution in [0.3, 0.4) is 0 Å². The van der Waals surface area contributed by atoms with Gasteiger partial charge in [0.05, 0.1) is 25.3 Å². The van der Waals surface area contributed by atoms with E-state index in [0.717, 1.165) is 21.6 Å². The molecule has 1 fully saturated rings. The van der Waals surface area contributed by atoms with Crippen LogP contribution in [-0.4, -0.2) is 46.0 Å². The van der Waals surface area contributed by atoms with Crippen LogP contribution >= 0.6 is 11.8 Å². The Morgan fingerprint density at radius 2 is 1.91 bits per heavy atom. The SMILES string of the molecule is C[C@H]1COC[C@@H]2N1C(=O)c1c(O)c(=O)ccn1N2[C@H]1c2ccc(F)cc2CSc2ccccc21. The van der Waals surface area contributed by atoms with E-state index in [2.05, 4.69) is 0 Å². The van der Waals surface area contributed by atoms with Gasteiger partial charge in [-0.05, 0) is 41.8 Å². The molecule has 1 amide bonds. The van der Waals surface area contributed by atoms with Crippen molar-refractivity contribution in [1.82, 2.24) is 9.58 Å². The summed E-state index contributed by atoms with van der Waals surface area (Å²) in [7, 11) is 0. The summed E-state index contributed by atoms with van der Waals surface area (Å²) in [6.07, 6.45) is 1.03. The summed E-state index contributed by atoms with van der Waals surface area (Å²) < 4.78 is 21.7. The molecule has 2 aromatic carbocycles. The zero-order valence-corrected chi connectivity index (χ0v) is 19.2. The standard InChI is InChI=1S/C25H22FN3O4S/c1-14-11-33-12-21-28(14)25(32)23-24(31)19(30)8-9-27(23)29(21)22-17-7-6-16(26)10-15(17)13-34-20-5-3-2-4-18(20)22/h2-10,14,21-22,31H,11-13H2,1H3/t14-,21+,22-/m0/s1. The number of carbonyl (C=O) groups excluding carboxylic acids is 1. The second kappa shape index (κ2) is 7.89. The van der Waals surface area contributed by atoms with E-state index in [0.29, 0.717) is 12.4 Å². The number of rotatable bonds is 1. The van der Waals surface area contributed by atoms with Gasteiger partial charge in [0.25, 0.3) is 5.91 Å². The summed E-state index contributed by atoms with van der Waals surface area (Å²) >= 11 is 1.63. The molecule has 0 radical (unpaired) electrons. The third-order valence-corrected chi connectivity index (χ3v) is 7.87. The summed E-state index contributed by atoms with van der Waals surface area (Å²) in [4.78, 5) is 28.6. The van der Waals surface area contributed by atoms with Gasteiger partial charge in [0.1, 0.15) is 12.0 Å². The second-order valence-electron chi connectivity index (χ2n) is 8.75. The summed E-state index contributed by atoms with van der Waals surface area (Å²) in [5.74, 6) is -0.708. The number of benzene rings is 2. The number of fused-ring (bicyclic) bond motifs is 4. The first-order chi connectivity index (χ1) is 16.5. The van der Waals surface area contributed by atoms with E-state index < -0.39 is 29.3 Å². The Morgan fingerprint density at radius 1 is 1.09 bits per heavy atom. The van der Waals surface area contributed by atoms with Crippen LogP contribution in [0.1, 0.15) is 40.1 Å². The van der Waals surface area contributed by atoms with Gasteiger partial charge >= 0.3 is 0 Å². The highest BCUT2D eigenvalue weighted by Crippen LogP contribution is 2.44. The maximum Gasteiger partial charge on any atom is 0.278 e. The number of hydrogen-bond donors (Lipinski definition) is 1. The first-order valence-electron chi connectivity index (χ1n) is 11.1. The molecule has 0 aliphatic carbocycles. The van der Waals surface area contributed by atoms with Crippen molar-refractivity contribution in [3.8, 4) is 5.75 Å². The highest BCUT2D eigenvalue weighted by molar-refractivity contribution is 7.98. The first-order valence-corrected chi connectivity index (χ1v) is 12.1. The second-order valence-corrected chi connectivity index (χ2v) is 9.77. The third kappa shape index (κ3) is 3.07. The van der Waals surface area contributed by atoms with Gasteiger partial charge in [-0.2, -0.15) is 0 Å². The Kier molecular flexibility index (Phi) is 4.93. The van der Waals surface area contributed by atoms with Crippen molar-refractivity contribution in [3.63, 3.8) is 0 Å². The molecule has 3 aromatic rings. The lowest BCUT2D eigenvalue weighted by Crippen LogP contribution is -2.68. The molecule has 0 saturated carbocycles. The van der Waals surface area contributed by atoms with Crippen LogP contribution in [0, 0.1) is 5.82 Å². The minimum absolute atomic E-state index is 0.0736. The molecule has 4 heterocycles. The number of aromatic nitrogens is 1. The largest absolute Gasteiger partial charge is 0.502 e. The molecule has 6 rings (SSSR count). The van der Waals surface area contributed by atoms with Crippen LogP contribution < -0.4 is 10.4 Å². The number of ether oxygens (including phenoxy) is 1. The number of carbonyl (C=O) groups is 1. The van der Waals surface area contributed by atoms with Crippen molar-refractivity contribution < 1.29 is 19.0 Å². The van der Waals surface area contributed by atoms with Gasteiger partial charge in [-0.1, -0.05) is 24.3 Å². The monoisotopic (exact) mass is 479 g/mol. The molecular weight excluding hydrogens is 457 g/mol. The van der Waals surface area contributed by atoms with Gasteiger partial charge in [0.2, 0.25) is 5.43 Å². The quantitative estimate of drug-likeness (QED) is 0.578. The van der Waals surface area contributed by atoms with E-state index in [1.54, 1.807) is 33.5 Å². The molecule has 3 aliphatic rings. The molecule has 0 bridgehead atoms. The summed E-state index contributed by atoms with van der Waals surface area (Å²) in [5.41, 5.74) is 2.06. The smallest absolute Gasteiger partial charge is 0.278 e. The Hall–Kier alpha value is -3.30. The van der Waals surface area contributed by atoms with E-state index in [-0.39, 0.29) is 24.2 Å². The van der Waals surface area contributed by atoms with Crippen LogP contribution in [-0.2, 0) is 10.5 Å². The maximum atomic E-state index is 14.3. The Bertz CT molecular complexity index is 1380. The highest BCUT2D eigenvalue weighted by Gasteiger charge is 2.47. The first kappa shape index (κ1) is 21.2. The number of aromatic hydroxyl groups is 1. The number of thioether (sulfide) groups is 1. The fourth-order valence-corrected chi connectivity index (χ4v) is 6.30. The van der Waals surface area contributed by atoms with Crippen LogP contribution in [0.4, 0.5) is 4.39 Å². The lowest BCUT2D eigenvalue weighted by Gasteiger charge is -2.53. The minimum Gasteiger partial charge on any atom is -0.502 e. The third-order valence-electron chi connectivity index (χ3n) is 6.73. The maximum absolute atomic E-state index is 14.3. The molecule has 7 nitrogen and oxygen atoms in total. The van der Waals surface area contributed by atoms with Crippen molar-refractivity contribution in [1.29, 1.82) is 0 Å². The predicted octanol–water partition coefficient (Wildman–Crippen LogP) is 3.23. The van der Waals surface area contributed by atoms with Crippen LogP contribution in [0.5, 0.6) is 5.75 Å². The Balaban J connectivity index is 1.66. The Labute approximate surface area is 199 Å². The summed E-state index contributed by atoms with van der Waals surface area (Å²) in [5, 5.41) is 12.7. The molecule has 3 atom stereocenters. The van der Waals surface area contributed by atoms with Gasteiger partial charge in [0, 0.05) is 22.9 Å². The van der Waals surface area contributed by atoms with Crippen molar-refractivity contribution in [2.45, 2.75) is 35.8 Å². The average molecular weight is 480 g/mol. The lowest BCUT2D eigenvalue weighted by molar-refractivity contribution is -0.0468. The molecule has 0 spiro atoms. The molecule has 1 aromatic heterocycles. The van der Waals surface area contributed by atoms with Gasteiger partial charge in [-0.3, -0.25) is 19.3 Å². The number of pyridine rings is 1. The molecule has 0 unspecified atom stereocenters. The van der Waals surface area contributed by atoms with E-state index in [1.165, 1.54) is 18.3 Å². The zero-order valence-electron chi connectivity index (χ0n) is 18.3. The number of halogens is 1. The number of nitrogens with zero attached hydrogens (tertiary/aromatic N) is 3. The summed E-state index contributed by atoms with van der Waals surface area (Å²) in [6, 6.07) is 13.3. The minimum atomic E-state index is -0.613. The summed E-state index contributed by atoms with van der Waals surface area (Å²) in [6.45, 7) is 2.49. The van der Waals surface area contributed by atoms with Crippen LogP contribution in [0.2, 0.25) is 0 Å². The van der Waals surface area contributed by atoms with Crippen molar-refractivity contribution in [2.24, 2.45) is 0 Å². The predicted molar refractivity (Wildman–Crippen MR) is 125 cm³/mol. The zero-order chi connectivity index (χ0) is 23.6. The molecule has 174 valence electrons. The van der Waals surface area contributed by atoms with Crippen molar-refractivity contribution in [3.05, 3.63) is 93.2 Å². The van der Waals surface area contributed by atoms with Crippen LogP contribution in [0.25, 0.3) is 0 Å². The fraction of sp³-hybridized carbons (Fsp3) is 0.280. The van der Waals surface area contributed by atoms with E-state index in [9.17, 15) is 19.1 Å². The van der Waals surface area contributed by atoms with Crippen LogP contribution in [0.15, 0.2) is 64.4 Å². The topological polar surface area (TPSA) is 75.0 Å². The molecule has 9 heteroatoms. The molecule has 1 saturated heterocycles. The van der Waals surface area contributed by atoms with Gasteiger partial charge in [-0.25, -0.2) is 4.39 Å². The lowest BCUT2D eigenvalue weighted by atomic mass is 9.93. The molecule has 34 heavy (non-hydrogen) atoms. The van der Waals surface area contributed by atoms with Gasteiger partial charge in [0.15, 0.2) is 11.4 Å². The number of morpholine rings is 1. The van der Waals surface area contributed by atoms with E-state index in [1.807, 2.05) is 36.2 Å². The van der Waals surface area contributed by atoms with E-state index >= 15 is 0 Å². The van der Waals surface area contributed by atoms with Gasteiger partial charge in [-0.15, -0.1) is 11.8 Å². The normalized spacial score (nSPS) is 23.5. The van der Waals surface area contributed by atoms with Gasteiger partial charge < -0.3 is 14.7 Å². The number of hydrogen-bond acceptors (Lipinski definition) is 6. The molecular formula is C25H22FN3O4S. The van der Waals surface area contributed by atoms with Crippen molar-refractivity contribution in [2.75, 3.05) is 18.2 Å².